The second-order valence-electron chi connectivity index (χ2n) is 8.23. The van der Waals surface area contributed by atoms with Gasteiger partial charge in [-0.2, -0.15) is 0 Å². The summed E-state index contributed by atoms with van der Waals surface area (Å²) in [5.41, 5.74) is 7.60. The van der Waals surface area contributed by atoms with E-state index in [9.17, 15) is 4.39 Å². The first-order valence-electron chi connectivity index (χ1n) is 11.2. The molecule has 4 rings (SSSR count). The van der Waals surface area contributed by atoms with Crippen LogP contribution in [0.5, 0.6) is 0 Å². The van der Waals surface area contributed by atoms with Crippen LogP contribution in [0.4, 0.5) is 4.39 Å². The van der Waals surface area contributed by atoms with Crippen molar-refractivity contribution in [1.29, 1.82) is 0 Å². The summed E-state index contributed by atoms with van der Waals surface area (Å²) < 4.78 is 15.9. The molecule has 0 amide bonds. The van der Waals surface area contributed by atoms with Crippen LogP contribution in [0.1, 0.15) is 38.3 Å². The first-order chi connectivity index (χ1) is 15.7. The summed E-state index contributed by atoms with van der Waals surface area (Å²) in [6.45, 7) is 5.12. The predicted molar refractivity (Wildman–Crippen MR) is 127 cm³/mol. The molecule has 32 heavy (non-hydrogen) atoms. The summed E-state index contributed by atoms with van der Waals surface area (Å²) in [7, 11) is 0. The van der Waals surface area contributed by atoms with Crippen molar-refractivity contribution in [3.8, 4) is 11.1 Å². The van der Waals surface area contributed by atoms with Gasteiger partial charge in [-0.3, -0.25) is 14.6 Å². The molecule has 0 spiro atoms. The van der Waals surface area contributed by atoms with Crippen molar-refractivity contribution in [1.82, 2.24) is 20.0 Å². The summed E-state index contributed by atoms with van der Waals surface area (Å²) >= 11 is 0. The van der Waals surface area contributed by atoms with Crippen LogP contribution in [-0.4, -0.2) is 27.2 Å². The smallest absolute Gasteiger partial charge is 0.142 e. The zero-order valence-corrected chi connectivity index (χ0v) is 18.6. The van der Waals surface area contributed by atoms with Crippen LogP contribution in [-0.2, 0) is 0 Å². The van der Waals surface area contributed by atoms with Gasteiger partial charge in [-0.15, -0.1) is 0 Å². The molecule has 3 atom stereocenters. The normalized spacial score (nSPS) is 19.5. The van der Waals surface area contributed by atoms with E-state index in [0.29, 0.717) is 17.9 Å². The number of rotatable bonds is 7. The van der Waals surface area contributed by atoms with E-state index in [1.807, 2.05) is 29.2 Å². The third-order valence-electron chi connectivity index (χ3n) is 6.08. The van der Waals surface area contributed by atoms with Gasteiger partial charge < -0.3 is 10.7 Å². The molecule has 2 aromatic heterocycles. The highest BCUT2D eigenvalue weighted by atomic mass is 19.1. The van der Waals surface area contributed by atoms with Gasteiger partial charge in [0.1, 0.15) is 5.82 Å². The first-order valence-corrected chi connectivity index (χ1v) is 11.2. The molecule has 3 heterocycles. The van der Waals surface area contributed by atoms with Crippen molar-refractivity contribution >= 4 is 0 Å². The average Bonchev–Trinajstić information content (AvgIpc) is 3.25. The molecule has 3 unspecified atom stereocenters. The Bertz CT molecular complexity index is 1080. The second kappa shape index (κ2) is 10.3. The number of hydrogen-bond acceptors (Lipinski definition) is 4. The fourth-order valence-corrected chi connectivity index (χ4v) is 4.07. The molecular weight excluding hydrogens is 401 g/mol. The molecule has 6 heteroatoms. The fraction of sp³-hybridized carbons (Fsp3) is 0.308. The molecule has 2 aromatic rings. The molecule has 0 fully saturated rings. The lowest BCUT2D eigenvalue weighted by Gasteiger charge is -2.21. The van der Waals surface area contributed by atoms with Gasteiger partial charge in [0.2, 0.25) is 0 Å². The van der Waals surface area contributed by atoms with E-state index in [4.69, 9.17) is 0 Å². The summed E-state index contributed by atoms with van der Waals surface area (Å²) in [6.07, 6.45) is 21.3. The number of halogens is 1. The van der Waals surface area contributed by atoms with Gasteiger partial charge in [0.25, 0.3) is 0 Å². The van der Waals surface area contributed by atoms with Gasteiger partial charge >= 0.3 is 0 Å². The van der Waals surface area contributed by atoms with E-state index in [-0.39, 0.29) is 5.82 Å². The van der Waals surface area contributed by atoms with Crippen LogP contribution in [0.2, 0.25) is 0 Å². The van der Waals surface area contributed by atoms with Crippen LogP contribution in [0.15, 0.2) is 85.3 Å². The lowest BCUT2D eigenvalue weighted by molar-refractivity contribution is 0.611. The highest BCUT2D eigenvalue weighted by molar-refractivity contribution is 5.60. The fourth-order valence-electron chi connectivity index (χ4n) is 4.07. The van der Waals surface area contributed by atoms with E-state index >= 15 is 0 Å². The molecular formula is C26H30FN5. The maximum atomic E-state index is 13.8. The molecule has 1 aliphatic carbocycles. The SMILES string of the molecule is CCC(C)c1cncccc(-c2cncc(F)c2)cn1NCCC1=CNC2C=CC=CC12. The minimum Gasteiger partial charge on any atom is -0.384 e. The van der Waals surface area contributed by atoms with Crippen molar-refractivity contribution in [3.63, 3.8) is 0 Å². The van der Waals surface area contributed by atoms with Crippen molar-refractivity contribution in [2.24, 2.45) is 5.92 Å². The van der Waals surface area contributed by atoms with Gasteiger partial charge in [-0.1, -0.05) is 44.2 Å². The summed E-state index contributed by atoms with van der Waals surface area (Å²) in [5, 5.41) is 3.46. The van der Waals surface area contributed by atoms with Crippen molar-refractivity contribution in [3.05, 3.63) is 96.8 Å². The Morgan fingerprint density at radius 3 is 2.88 bits per heavy atom. The molecule has 0 radical (unpaired) electrons. The summed E-state index contributed by atoms with van der Waals surface area (Å²) in [6, 6.07) is 5.65. The Morgan fingerprint density at radius 1 is 1.16 bits per heavy atom. The number of pyridine rings is 1. The Hall–Kier alpha value is -3.41. The van der Waals surface area contributed by atoms with Crippen molar-refractivity contribution in [2.45, 2.75) is 38.6 Å². The first kappa shape index (κ1) is 21.8. The number of nitrogens with zero attached hydrogens (tertiary/aromatic N) is 3. The lowest BCUT2D eigenvalue weighted by atomic mass is 9.90. The molecule has 2 N–H and O–H groups in total. The number of aromatic nitrogens is 3. The largest absolute Gasteiger partial charge is 0.384 e. The van der Waals surface area contributed by atoms with E-state index < -0.39 is 0 Å². The van der Waals surface area contributed by atoms with Gasteiger partial charge in [0, 0.05) is 48.4 Å². The molecule has 5 nitrogen and oxygen atoms in total. The second-order valence-corrected chi connectivity index (χ2v) is 8.23. The Morgan fingerprint density at radius 2 is 2.03 bits per heavy atom. The van der Waals surface area contributed by atoms with E-state index in [1.54, 1.807) is 12.4 Å². The topological polar surface area (TPSA) is 54.8 Å². The highest BCUT2D eigenvalue weighted by Crippen LogP contribution is 2.28. The number of fused-ring (bicyclic) bond motifs is 1. The molecule has 0 aromatic carbocycles. The zero-order valence-electron chi connectivity index (χ0n) is 18.6. The molecule has 1 aliphatic heterocycles. The molecule has 0 bridgehead atoms. The van der Waals surface area contributed by atoms with Gasteiger partial charge in [-0.05, 0) is 42.7 Å². The summed E-state index contributed by atoms with van der Waals surface area (Å²) in [5.74, 6) is 0.357. The van der Waals surface area contributed by atoms with E-state index in [0.717, 1.165) is 36.2 Å². The number of hydrogen-bond donors (Lipinski definition) is 2. The van der Waals surface area contributed by atoms with Crippen LogP contribution >= 0.6 is 0 Å². The maximum absolute atomic E-state index is 13.8. The maximum Gasteiger partial charge on any atom is 0.142 e. The predicted octanol–water partition coefficient (Wildman–Crippen LogP) is 5.25. The Kier molecular flexibility index (Phi) is 7.00. The molecule has 2 aliphatic rings. The van der Waals surface area contributed by atoms with Gasteiger partial charge in [-0.25, -0.2) is 4.39 Å². The van der Waals surface area contributed by atoms with Crippen molar-refractivity contribution < 1.29 is 4.39 Å². The van der Waals surface area contributed by atoms with Crippen molar-refractivity contribution in [2.75, 3.05) is 12.0 Å². The monoisotopic (exact) mass is 431 g/mol. The van der Waals surface area contributed by atoms with Gasteiger partial charge in [0.15, 0.2) is 0 Å². The van der Waals surface area contributed by atoms with Crippen LogP contribution < -0.4 is 10.7 Å². The average molecular weight is 432 g/mol. The molecule has 0 saturated carbocycles. The number of allylic oxidation sites excluding steroid dienone is 2. The summed E-state index contributed by atoms with van der Waals surface area (Å²) in [4.78, 5) is 8.48. The number of nitrogens with one attached hydrogen (secondary N) is 2. The molecule has 166 valence electrons. The quantitative estimate of drug-likeness (QED) is 0.628. The highest BCUT2D eigenvalue weighted by Gasteiger charge is 2.26. The Balaban J connectivity index is 1.63. The third kappa shape index (κ3) is 5.07. The van der Waals surface area contributed by atoms with E-state index in [2.05, 4.69) is 65.1 Å². The van der Waals surface area contributed by atoms with Crippen LogP contribution in [0, 0.1) is 11.7 Å². The zero-order chi connectivity index (χ0) is 22.3. The van der Waals surface area contributed by atoms with Crippen LogP contribution in [0.3, 0.4) is 0 Å². The van der Waals surface area contributed by atoms with E-state index in [1.165, 1.54) is 17.8 Å². The van der Waals surface area contributed by atoms with Gasteiger partial charge in [0.05, 0.1) is 17.9 Å². The lowest BCUT2D eigenvalue weighted by Crippen LogP contribution is -2.26. The minimum absolute atomic E-state index is 0.295. The Labute approximate surface area is 189 Å². The third-order valence-corrected chi connectivity index (χ3v) is 6.08. The van der Waals surface area contributed by atoms with Crippen LogP contribution in [0.25, 0.3) is 11.1 Å². The standard InChI is InChI=1S/C26H30FN5/c1-3-19(2)26-17-28-11-6-7-21(22-13-23(27)16-29-14-22)18-32(26)31-12-10-20-15-30-25-9-5-4-8-24(20)25/h4-9,11,13-19,24-25,30-31H,3,10,12H2,1-2H3. The minimum atomic E-state index is -0.354. The molecule has 0 saturated heterocycles.